The van der Waals surface area contributed by atoms with Crippen molar-refractivity contribution in [1.29, 1.82) is 5.26 Å². The molecule has 2 aromatic rings. The molecule has 0 unspecified atom stereocenters. The maximum absolute atomic E-state index is 12.7. The number of benzene rings is 2. The Morgan fingerprint density at radius 1 is 1.07 bits per heavy atom. The minimum absolute atomic E-state index is 0.0909. The Labute approximate surface area is 173 Å². The van der Waals surface area contributed by atoms with Crippen LogP contribution in [0.15, 0.2) is 48.5 Å². The average molecular weight is 416 g/mol. The summed E-state index contributed by atoms with van der Waals surface area (Å²) in [4.78, 5) is 12.6. The van der Waals surface area contributed by atoms with E-state index in [1.165, 1.54) is 12.1 Å². The molecule has 0 spiro atoms. The molecule has 1 aliphatic rings. The third-order valence-electron chi connectivity index (χ3n) is 5.54. The van der Waals surface area contributed by atoms with Gasteiger partial charge in [0.2, 0.25) is 0 Å². The number of hydrogen-bond acceptors (Lipinski definition) is 4. The number of alkyl halides is 3. The van der Waals surface area contributed by atoms with E-state index in [0.717, 1.165) is 23.3 Å². The number of halogens is 3. The first kappa shape index (κ1) is 22.0. The number of ether oxygens (including phenoxy) is 1. The molecule has 0 amide bonds. The second-order valence-electron chi connectivity index (χ2n) is 7.70. The maximum Gasteiger partial charge on any atom is 0.416 e. The number of carbonyl (C=O) groups excluding carboxylic acids is 1. The van der Waals surface area contributed by atoms with Gasteiger partial charge in [-0.3, -0.25) is 4.79 Å². The molecule has 1 fully saturated rings. The maximum atomic E-state index is 12.7. The molecule has 0 aliphatic carbocycles. The number of Topliss-reactive ketones (excluding diaryl/α,β-unsaturated/α-hetero) is 1. The molecule has 0 saturated carbocycles. The zero-order valence-corrected chi connectivity index (χ0v) is 16.4. The Morgan fingerprint density at radius 3 is 2.10 bits per heavy atom. The average Bonchev–Trinajstić information content (AvgIpc) is 2.73. The topological polar surface area (TPSA) is 76.1 Å². The first-order chi connectivity index (χ1) is 14.2. The Bertz CT molecular complexity index is 909. The fourth-order valence-corrected chi connectivity index (χ4v) is 3.57. The van der Waals surface area contributed by atoms with Crippen molar-refractivity contribution >= 4 is 5.78 Å². The standard InChI is InChI=1S/C23H23F3N2O2/c24-23(25,26)20-7-5-19(6-8-20)18-3-1-16(2-4-18)13-17(15-27)14-21(29)22(28)9-11-30-12-10-22/h1-8,17H,9-14,28H2/t17-/m1/s1. The van der Waals surface area contributed by atoms with Crippen LogP contribution in [0.1, 0.15) is 30.4 Å². The van der Waals surface area contributed by atoms with Gasteiger partial charge in [-0.25, -0.2) is 0 Å². The van der Waals surface area contributed by atoms with Gasteiger partial charge in [-0.1, -0.05) is 36.4 Å². The number of ketones is 1. The van der Waals surface area contributed by atoms with E-state index in [9.17, 15) is 23.2 Å². The molecule has 30 heavy (non-hydrogen) atoms. The molecule has 7 heteroatoms. The van der Waals surface area contributed by atoms with Crippen molar-refractivity contribution in [3.8, 4) is 17.2 Å². The fourth-order valence-electron chi connectivity index (χ4n) is 3.57. The minimum atomic E-state index is -4.36. The van der Waals surface area contributed by atoms with Crippen LogP contribution in [-0.2, 0) is 22.1 Å². The number of nitrogens with two attached hydrogens (primary N) is 1. The molecule has 0 radical (unpaired) electrons. The van der Waals surface area contributed by atoms with E-state index in [2.05, 4.69) is 6.07 Å². The Kier molecular flexibility index (Phi) is 6.59. The first-order valence-corrected chi connectivity index (χ1v) is 9.77. The number of hydrogen-bond donors (Lipinski definition) is 1. The van der Waals surface area contributed by atoms with Crippen molar-refractivity contribution in [1.82, 2.24) is 0 Å². The van der Waals surface area contributed by atoms with Crippen LogP contribution in [0.3, 0.4) is 0 Å². The lowest BCUT2D eigenvalue weighted by Gasteiger charge is -2.32. The van der Waals surface area contributed by atoms with Gasteiger partial charge in [-0.05, 0) is 48.1 Å². The van der Waals surface area contributed by atoms with Gasteiger partial charge < -0.3 is 10.5 Å². The number of nitrogens with zero attached hydrogens (tertiary/aromatic N) is 1. The van der Waals surface area contributed by atoms with E-state index in [0.29, 0.717) is 38.0 Å². The number of rotatable bonds is 6. The van der Waals surface area contributed by atoms with Crippen molar-refractivity contribution in [3.63, 3.8) is 0 Å². The van der Waals surface area contributed by atoms with E-state index < -0.39 is 23.2 Å². The lowest BCUT2D eigenvalue weighted by Crippen LogP contribution is -2.52. The summed E-state index contributed by atoms with van der Waals surface area (Å²) in [6.45, 7) is 0.899. The van der Waals surface area contributed by atoms with Crippen LogP contribution >= 0.6 is 0 Å². The van der Waals surface area contributed by atoms with Crippen molar-refractivity contribution in [2.75, 3.05) is 13.2 Å². The summed E-state index contributed by atoms with van der Waals surface area (Å²) in [5.74, 6) is -0.601. The van der Waals surface area contributed by atoms with Crippen molar-refractivity contribution < 1.29 is 22.7 Å². The molecule has 1 heterocycles. The third-order valence-corrected chi connectivity index (χ3v) is 5.54. The van der Waals surface area contributed by atoms with Crippen LogP contribution in [-0.4, -0.2) is 24.5 Å². The van der Waals surface area contributed by atoms with Gasteiger partial charge in [-0.15, -0.1) is 0 Å². The molecule has 0 bridgehead atoms. The lowest BCUT2D eigenvalue weighted by atomic mass is 9.81. The van der Waals surface area contributed by atoms with Gasteiger partial charge >= 0.3 is 6.18 Å². The van der Waals surface area contributed by atoms with Crippen LogP contribution in [0.25, 0.3) is 11.1 Å². The smallest absolute Gasteiger partial charge is 0.381 e. The van der Waals surface area contributed by atoms with Gasteiger partial charge in [-0.2, -0.15) is 18.4 Å². The van der Waals surface area contributed by atoms with Gasteiger partial charge in [0, 0.05) is 19.6 Å². The molecule has 0 aromatic heterocycles. The van der Waals surface area contributed by atoms with Gasteiger partial charge in [0.05, 0.1) is 23.1 Å². The van der Waals surface area contributed by atoms with Crippen LogP contribution in [0, 0.1) is 17.2 Å². The molecule has 158 valence electrons. The molecular formula is C23H23F3N2O2. The predicted molar refractivity (Wildman–Crippen MR) is 106 cm³/mol. The summed E-state index contributed by atoms with van der Waals surface area (Å²) in [5, 5.41) is 9.48. The highest BCUT2D eigenvalue weighted by Gasteiger charge is 2.36. The predicted octanol–water partition coefficient (Wildman–Crippen LogP) is 4.52. The van der Waals surface area contributed by atoms with Gasteiger partial charge in [0.15, 0.2) is 5.78 Å². The van der Waals surface area contributed by atoms with Crippen LogP contribution in [0.2, 0.25) is 0 Å². The van der Waals surface area contributed by atoms with Crippen molar-refractivity contribution in [2.45, 2.75) is 37.4 Å². The highest BCUT2D eigenvalue weighted by Crippen LogP contribution is 2.31. The fraction of sp³-hybridized carbons (Fsp3) is 0.391. The highest BCUT2D eigenvalue weighted by atomic mass is 19.4. The summed E-state index contributed by atoms with van der Waals surface area (Å²) in [7, 11) is 0. The Morgan fingerprint density at radius 2 is 1.60 bits per heavy atom. The molecule has 2 aromatic carbocycles. The largest absolute Gasteiger partial charge is 0.416 e. The number of nitriles is 1. The molecule has 3 rings (SSSR count). The molecule has 1 aliphatic heterocycles. The summed E-state index contributed by atoms with van der Waals surface area (Å²) >= 11 is 0. The highest BCUT2D eigenvalue weighted by molar-refractivity contribution is 5.88. The van der Waals surface area contributed by atoms with Crippen molar-refractivity contribution in [2.24, 2.45) is 11.7 Å². The van der Waals surface area contributed by atoms with Gasteiger partial charge in [0.25, 0.3) is 0 Å². The summed E-state index contributed by atoms with van der Waals surface area (Å²) in [6, 6.07) is 14.4. The zero-order valence-electron chi connectivity index (χ0n) is 16.4. The van der Waals surface area contributed by atoms with E-state index in [4.69, 9.17) is 10.5 Å². The second-order valence-corrected chi connectivity index (χ2v) is 7.70. The van der Waals surface area contributed by atoms with Crippen molar-refractivity contribution in [3.05, 3.63) is 59.7 Å². The lowest BCUT2D eigenvalue weighted by molar-refractivity contribution is -0.137. The molecular weight excluding hydrogens is 393 g/mol. The first-order valence-electron chi connectivity index (χ1n) is 9.77. The normalized spacial score (nSPS) is 17.2. The van der Waals surface area contributed by atoms with Gasteiger partial charge in [0.1, 0.15) is 0 Å². The molecule has 1 atom stereocenters. The SMILES string of the molecule is N#C[C@@H](CC(=O)C1(N)CCOCC1)Cc1ccc(-c2ccc(C(F)(F)F)cc2)cc1. The number of carbonyl (C=O) groups is 1. The minimum Gasteiger partial charge on any atom is -0.381 e. The van der Waals surface area contributed by atoms with Crippen LogP contribution in [0.4, 0.5) is 13.2 Å². The summed E-state index contributed by atoms with van der Waals surface area (Å²) < 4.78 is 43.4. The van der Waals surface area contributed by atoms with Crippen LogP contribution in [0.5, 0.6) is 0 Å². The zero-order chi connectivity index (χ0) is 21.8. The summed E-state index contributed by atoms with van der Waals surface area (Å²) in [6.07, 6.45) is -2.94. The third kappa shape index (κ3) is 5.26. The Hall–Kier alpha value is -2.69. The summed E-state index contributed by atoms with van der Waals surface area (Å²) in [5.41, 5.74) is 6.93. The molecule has 1 saturated heterocycles. The molecule has 2 N–H and O–H groups in total. The quantitative estimate of drug-likeness (QED) is 0.751. The second kappa shape index (κ2) is 8.99. The Balaban J connectivity index is 1.64. The van der Waals surface area contributed by atoms with E-state index in [-0.39, 0.29) is 12.2 Å². The van der Waals surface area contributed by atoms with E-state index in [1.807, 2.05) is 12.1 Å². The van der Waals surface area contributed by atoms with E-state index >= 15 is 0 Å². The molecule has 4 nitrogen and oxygen atoms in total. The van der Waals surface area contributed by atoms with Crippen LogP contribution < -0.4 is 5.73 Å². The monoisotopic (exact) mass is 416 g/mol. The van der Waals surface area contributed by atoms with E-state index in [1.54, 1.807) is 12.1 Å².